The largest absolute Gasteiger partial charge is 0.457 e. The molecule has 0 bridgehead atoms. The summed E-state index contributed by atoms with van der Waals surface area (Å²) in [5, 5.41) is 30.5. The van der Waals surface area contributed by atoms with Gasteiger partial charge in [-0.1, -0.05) is 135 Å². The number of rotatable bonds is 35. The van der Waals surface area contributed by atoms with Crippen LogP contribution in [-0.2, 0) is 38.3 Å². The van der Waals surface area contributed by atoms with E-state index in [1.807, 2.05) is 0 Å². The number of hydrogen-bond donors (Lipinski definition) is 4. The third-order valence-electron chi connectivity index (χ3n) is 9.39. The van der Waals surface area contributed by atoms with Gasteiger partial charge in [-0.25, -0.2) is 4.18 Å². The maximum atomic E-state index is 12.6. The summed E-state index contributed by atoms with van der Waals surface area (Å²) in [7, 11) is -5.05. The Balaban J connectivity index is 2.36. The molecule has 0 radical (unpaired) electrons. The molecule has 1 rings (SSSR count). The average molecular weight is 767 g/mol. The highest BCUT2D eigenvalue weighted by Crippen LogP contribution is 2.26. The number of ether oxygens (including phenoxy) is 4. The van der Waals surface area contributed by atoms with E-state index < -0.39 is 59.8 Å². The SMILES string of the molecule is CCCCCCCCC/C=C\CCCCCCCCCCOCC(COC1OC(CO)C(O)C(OS(=O)(=O)O)C1O)OC(=O)CCCCCCCC. The monoisotopic (exact) mass is 766 g/mol. The van der Waals surface area contributed by atoms with E-state index in [0.29, 0.717) is 13.0 Å². The van der Waals surface area contributed by atoms with Crippen molar-refractivity contribution in [3.63, 3.8) is 0 Å². The standard InChI is InChI=1S/C39H74O12S/c1-3-5-7-9-11-12-13-14-15-16-17-18-19-20-21-22-23-25-27-29-47-31-33(49-35(41)28-26-24-10-8-6-4-2)32-48-39-37(43)38(51-52(44,45)46)36(42)34(30-40)50-39/h15-16,33-34,36-40,42-43H,3-14,17-32H2,1-2H3,(H,44,45,46)/b16-15-. The summed E-state index contributed by atoms with van der Waals surface area (Å²) in [6.07, 6.45) is 22.9. The lowest BCUT2D eigenvalue weighted by molar-refractivity contribution is -0.301. The molecule has 12 nitrogen and oxygen atoms in total. The summed E-state index contributed by atoms with van der Waals surface area (Å²) in [6.45, 7) is 3.90. The Hall–Kier alpha value is -1.16. The zero-order valence-corrected chi connectivity index (χ0v) is 33.2. The van der Waals surface area contributed by atoms with E-state index in [0.717, 1.165) is 51.4 Å². The van der Waals surface area contributed by atoms with Crippen LogP contribution >= 0.6 is 0 Å². The molecular weight excluding hydrogens is 692 g/mol. The summed E-state index contributed by atoms with van der Waals surface area (Å²) in [5.74, 6) is -0.409. The van der Waals surface area contributed by atoms with E-state index in [-0.39, 0.29) is 19.6 Å². The van der Waals surface area contributed by atoms with Crippen LogP contribution in [0.1, 0.15) is 168 Å². The number of allylic oxidation sites excluding steroid dienone is 2. The molecule has 52 heavy (non-hydrogen) atoms. The van der Waals surface area contributed by atoms with Crippen molar-refractivity contribution in [3.05, 3.63) is 12.2 Å². The maximum absolute atomic E-state index is 12.6. The first-order chi connectivity index (χ1) is 25.1. The molecule has 1 fully saturated rings. The molecule has 0 aromatic rings. The van der Waals surface area contributed by atoms with Gasteiger partial charge in [-0.05, 0) is 38.5 Å². The first kappa shape index (κ1) is 48.9. The van der Waals surface area contributed by atoms with E-state index in [2.05, 4.69) is 30.2 Å². The van der Waals surface area contributed by atoms with Crippen LogP contribution in [0.15, 0.2) is 12.2 Å². The summed E-state index contributed by atoms with van der Waals surface area (Å²) in [5.41, 5.74) is 0. The quantitative estimate of drug-likeness (QED) is 0.0216. The molecule has 13 heteroatoms. The molecule has 1 aliphatic heterocycles. The molecule has 0 spiro atoms. The number of aliphatic hydroxyl groups excluding tert-OH is 3. The lowest BCUT2D eigenvalue weighted by Crippen LogP contribution is -2.60. The van der Waals surface area contributed by atoms with Gasteiger partial charge >= 0.3 is 16.4 Å². The Morgan fingerprint density at radius 3 is 1.73 bits per heavy atom. The van der Waals surface area contributed by atoms with Crippen molar-refractivity contribution in [1.82, 2.24) is 0 Å². The van der Waals surface area contributed by atoms with Gasteiger partial charge in [-0.2, -0.15) is 8.42 Å². The smallest absolute Gasteiger partial charge is 0.397 e. The Kier molecular flexibility index (Phi) is 30.2. The molecule has 1 aliphatic rings. The zero-order valence-electron chi connectivity index (χ0n) is 32.4. The molecular formula is C39H74O12S. The molecule has 0 aromatic carbocycles. The summed E-state index contributed by atoms with van der Waals surface area (Å²) >= 11 is 0. The van der Waals surface area contributed by atoms with Crippen LogP contribution in [0.25, 0.3) is 0 Å². The van der Waals surface area contributed by atoms with Crippen LogP contribution in [0.3, 0.4) is 0 Å². The van der Waals surface area contributed by atoms with Gasteiger partial charge in [0.25, 0.3) is 0 Å². The molecule has 0 amide bonds. The number of carbonyl (C=O) groups excluding carboxylic acids is 1. The lowest BCUT2D eigenvalue weighted by atomic mass is 9.99. The van der Waals surface area contributed by atoms with Crippen molar-refractivity contribution in [2.75, 3.05) is 26.4 Å². The van der Waals surface area contributed by atoms with Crippen LogP contribution in [0.4, 0.5) is 0 Å². The van der Waals surface area contributed by atoms with E-state index in [1.165, 1.54) is 89.9 Å². The Bertz CT molecular complexity index is 978. The van der Waals surface area contributed by atoms with Crippen LogP contribution < -0.4 is 0 Å². The van der Waals surface area contributed by atoms with E-state index in [1.54, 1.807) is 0 Å². The normalized spacial score (nSPS) is 21.5. The first-order valence-corrected chi connectivity index (χ1v) is 21.8. The van der Waals surface area contributed by atoms with Gasteiger partial charge in [-0.15, -0.1) is 0 Å². The fourth-order valence-electron chi connectivity index (χ4n) is 6.25. The Morgan fingerprint density at radius 2 is 1.21 bits per heavy atom. The van der Waals surface area contributed by atoms with Crippen LogP contribution in [0.5, 0.6) is 0 Å². The topological polar surface area (TPSA) is 178 Å². The highest BCUT2D eigenvalue weighted by Gasteiger charge is 2.48. The van der Waals surface area contributed by atoms with Crippen molar-refractivity contribution in [1.29, 1.82) is 0 Å². The second kappa shape index (κ2) is 32.1. The van der Waals surface area contributed by atoms with Gasteiger partial charge < -0.3 is 34.3 Å². The minimum Gasteiger partial charge on any atom is -0.457 e. The molecule has 6 atom stereocenters. The number of esters is 1. The van der Waals surface area contributed by atoms with Gasteiger partial charge in [0, 0.05) is 13.0 Å². The number of carbonyl (C=O) groups is 1. The second-order valence-corrected chi connectivity index (χ2v) is 15.3. The van der Waals surface area contributed by atoms with Crippen LogP contribution in [-0.4, -0.2) is 97.5 Å². The minimum absolute atomic E-state index is 0.0373. The van der Waals surface area contributed by atoms with Crippen molar-refractivity contribution in [2.24, 2.45) is 0 Å². The maximum Gasteiger partial charge on any atom is 0.397 e. The first-order valence-electron chi connectivity index (χ1n) is 20.4. The van der Waals surface area contributed by atoms with Gasteiger partial charge in [0.1, 0.15) is 30.5 Å². The van der Waals surface area contributed by atoms with E-state index in [4.69, 9.17) is 23.5 Å². The average Bonchev–Trinajstić information content (AvgIpc) is 3.11. The number of aliphatic hydroxyl groups is 3. The van der Waals surface area contributed by atoms with Gasteiger partial charge in [0.2, 0.25) is 0 Å². The second-order valence-electron chi connectivity index (χ2n) is 14.2. The summed E-state index contributed by atoms with van der Waals surface area (Å²) in [4.78, 5) is 12.6. The number of unbranched alkanes of at least 4 members (excludes halogenated alkanes) is 20. The van der Waals surface area contributed by atoms with Crippen molar-refractivity contribution in [2.45, 2.75) is 205 Å². The molecule has 1 heterocycles. The van der Waals surface area contributed by atoms with E-state index >= 15 is 0 Å². The fraction of sp³-hybridized carbons (Fsp3) is 0.923. The third-order valence-corrected chi connectivity index (χ3v) is 9.85. The highest BCUT2D eigenvalue weighted by atomic mass is 32.3. The number of hydrogen-bond acceptors (Lipinski definition) is 11. The highest BCUT2D eigenvalue weighted by molar-refractivity contribution is 7.80. The van der Waals surface area contributed by atoms with Gasteiger partial charge in [0.05, 0.1) is 19.8 Å². The molecule has 308 valence electrons. The minimum atomic E-state index is -5.05. The zero-order chi connectivity index (χ0) is 38.3. The Labute approximate surface area is 315 Å². The predicted molar refractivity (Wildman–Crippen MR) is 202 cm³/mol. The fourth-order valence-corrected chi connectivity index (χ4v) is 6.76. The molecule has 0 aromatic heterocycles. The van der Waals surface area contributed by atoms with Gasteiger partial charge in [0.15, 0.2) is 6.29 Å². The summed E-state index contributed by atoms with van der Waals surface area (Å²) < 4.78 is 58.6. The van der Waals surface area contributed by atoms with Crippen LogP contribution in [0.2, 0.25) is 0 Å². The third kappa shape index (κ3) is 25.8. The van der Waals surface area contributed by atoms with Gasteiger partial charge in [-0.3, -0.25) is 9.35 Å². The molecule has 1 saturated heterocycles. The molecule has 0 aliphatic carbocycles. The van der Waals surface area contributed by atoms with Crippen LogP contribution in [0, 0.1) is 0 Å². The predicted octanol–water partition coefficient (Wildman–Crippen LogP) is 7.52. The summed E-state index contributed by atoms with van der Waals surface area (Å²) in [6, 6.07) is 0. The molecule has 4 N–H and O–H groups in total. The van der Waals surface area contributed by atoms with Crippen molar-refractivity contribution < 1.29 is 56.2 Å². The Morgan fingerprint density at radius 1 is 0.712 bits per heavy atom. The van der Waals surface area contributed by atoms with Crippen molar-refractivity contribution in [3.8, 4) is 0 Å². The molecule has 0 saturated carbocycles. The molecule has 6 unspecified atom stereocenters. The lowest BCUT2D eigenvalue weighted by Gasteiger charge is -2.41. The van der Waals surface area contributed by atoms with E-state index in [9.17, 15) is 28.5 Å². The van der Waals surface area contributed by atoms with Crippen molar-refractivity contribution >= 4 is 16.4 Å².